The average molecular weight is 526 g/mol. The topological polar surface area (TPSA) is 104 Å². The Kier molecular flexibility index (Phi) is 7.15. The third-order valence-corrected chi connectivity index (χ3v) is 6.56. The van der Waals surface area contributed by atoms with Crippen LogP contribution >= 0.6 is 11.6 Å². The Hall–Kier alpha value is -4.56. The summed E-state index contributed by atoms with van der Waals surface area (Å²) in [5.41, 5.74) is 3.95. The normalized spacial score (nSPS) is 14.9. The van der Waals surface area contributed by atoms with E-state index in [-0.39, 0.29) is 30.7 Å². The van der Waals surface area contributed by atoms with Crippen LogP contribution in [0.2, 0.25) is 5.02 Å². The van der Waals surface area contributed by atoms with Gasteiger partial charge in [0.2, 0.25) is 5.91 Å². The maximum Gasteiger partial charge on any atom is 0.274 e. The van der Waals surface area contributed by atoms with Crippen molar-refractivity contribution in [3.63, 3.8) is 0 Å². The number of amides is 3. The maximum absolute atomic E-state index is 13.7. The molecule has 9 heteroatoms. The van der Waals surface area contributed by atoms with Crippen LogP contribution < -0.4 is 10.6 Å². The monoisotopic (exact) mass is 525 g/mol. The summed E-state index contributed by atoms with van der Waals surface area (Å²) in [7, 11) is 0. The Morgan fingerprint density at radius 2 is 1.79 bits per heavy atom. The molecule has 1 aliphatic rings. The van der Waals surface area contributed by atoms with Gasteiger partial charge in [-0.3, -0.25) is 24.4 Å². The largest absolute Gasteiger partial charge is 0.323 e. The van der Waals surface area contributed by atoms with E-state index < -0.39 is 6.04 Å². The number of rotatable bonds is 6. The minimum Gasteiger partial charge on any atom is -0.323 e. The van der Waals surface area contributed by atoms with E-state index in [0.29, 0.717) is 33.3 Å². The van der Waals surface area contributed by atoms with Gasteiger partial charge in [0, 0.05) is 41.8 Å². The van der Waals surface area contributed by atoms with E-state index in [1.54, 1.807) is 59.8 Å². The molecule has 3 heterocycles. The van der Waals surface area contributed by atoms with E-state index >= 15 is 0 Å². The zero-order valence-corrected chi connectivity index (χ0v) is 21.3. The molecule has 0 aliphatic carbocycles. The summed E-state index contributed by atoms with van der Waals surface area (Å²) in [6, 6.07) is 20.3. The van der Waals surface area contributed by atoms with Crippen molar-refractivity contribution in [1.29, 1.82) is 0 Å². The van der Waals surface area contributed by atoms with Crippen molar-refractivity contribution in [3.8, 4) is 0 Å². The van der Waals surface area contributed by atoms with E-state index in [9.17, 15) is 14.4 Å². The fourth-order valence-electron chi connectivity index (χ4n) is 4.37. The lowest BCUT2D eigenvalue weighted by Gasteiger charge is -2.29. The highest BCUT2D eigenvalue weighted by Crippen LogP contribution is 2.29. The quantitative estimate of drug-likeness (QED) is 0.373. The predicted octanol–water partition coefficient (Wildman–Crippen LogP) is 4.90. The van der Waals surface area contributed by atoms with Crippen LogP contribution in [0.5, 0.6) is 0 Å². The molecule has 190 valence electrons. The molecule has 0 bridgehead atoms. The summed E-state index contributed by atoms with van der Waals surface area (Å²) in [6.45, 7) is 2.01. The van der Waals surface area contributed by atoms with Crippen LogP contribution in [0.3, 0.4) is 0 Å². The zero-order valence-electron chi connectivity index (χ0n) is 20.5. The summed E-state index contributed by atoms with van der Waals surface area (Å²) in [6.07, 6.45) is 3.48. The van der Waals surface area contributed by atoms with E-state index in [4.69, 9.17) is 11.6 Å². The standard InChI is InChI=1S/C29H24ClN5O3/c1-18-5-4-14-32-26(18)28(37)33-21-10-7-19(8-11-21)17-35-25(16-22-6-2-3-13-31-22)27(36)34-24-15-20(30)9-12-23(24)29(35)38/h2-15,25H,16-17H2,1H3,(H,33,37)(H,34,36). The second-order valence-electron chi connectivity index (χ2n) is 8.97. The summed E-state index contributed by atoms with van der Waals surface area (Å²) in [4.78, 5) is 49.7. The minimum absolute atomic E-state index is 0.180. The van der Waals surface area contributed by atoms with Gasteiger partial charge in [-0.1, -0.05) is 35.9 Å². The van der Waals surface area contributed by atoms with Gasteiger partial charge in [0.1, 0.15) is 11.7 Å². The first-order chi connectivity index (χ1) is 18.4. The molecule has 0 radical (unpaired) electrons. The first-order valence-corrected chi connectivity index (χ1v) is 12.4. The van der Waals surface area contributed by atoms with Crippen molar-refractivity contribution in [1.82, 2.24) is 14.9 Å². The first-order valence-electron chi connectivity index (χ1n) is 12.0. The zero-order chi connectivity index (χ0) is 26.6. The molecule has 1 atom stereocenters. The van der Waals surface area contributed by atoms with Crippen molar-refractivity contribution in [2.45, 2.75) is 25.9 Å². The van der Waals surface area contributed by atoms with Gasteiger partial charge in [-0.15, -0.1) is 0 Å². The Morgan fingerprint density at radius 3 is 2.53 bits per heavy atom. The van der Waals surface area contributed by atoms with Gasteiger partial charge in [0.15, 0.2) is 0 Å². The molecule has 38 heavy (non-hydrogen) atoms. The van der Waals surface area contributed by atoms with Crippen LogP contribution in [0.4, 0.5) is 11.4 Å². The highest BCUT2D eigenvalue weighted by Gasteiger charge is 2.36. The minimum atomic E-state index is -0.796. The van der Waals surface area contributed by atoms with Gasteiger partial charge < -0.3 is 15.5 Å². The molecule has 4 aromatic rings. The summed E-state index contributed by atoms with van der Waals surface area (Å²) >= 11 is 6.14. The number of anilines is 2. The van der Waals surface area contributed by atoms with Crippen molar-refractivity contribution in [2.75, 3.05) is 10.6 Å². The smallest absolute Gasteiger partial charge is 0.274 e. The second kappa shape index (κ2) is 10.8. The fourth-order valence-corrected chi connectivity index (χ4v) is 4.54. The number of nitrogens with zero attached hydrogens (tertiary/aromatic N) is 3. The molecule has 1 aliphatic heterocycles. The van der Waals surface area contributed by atoms with E-state index in [0.717, 1.165) is 11.1 Å². The first kappa shape index (κ1) is 25.1. The molecule has 0 saturated heterocycles. The molecular formula is C29H24ClN5O3. The molecule has 1 unspecified atom stereocenters. The van der Waals surface area contributed by atoms with Gasteiger partial charge in [-0.05, 0) is 66.6 Å². The lowest BCUT2D eigenvalue weighted by Crippen LogP contribution is -2.46. The van der Waals surface area contributed by atoms with Gasteiger partial charge in [-0.2, -0.15) is 0 Å². The lowest BCUT2D eigenvalue weighted by molar-refractivity contribution is -0.120. The fraction of sp³-hybridized carbons (Fsp3) is 0.138. The predicted molar refractivity (Wildman–Crippen MR) is 145 cm³/mol. The Bertz CT molecular complexity index is 1510. The molecule has 8 nitrogen and oxygen atoms in total. The third kappa shape index (κ3) is 5.40. The highest BCUT2D eigenvalue weighted by atomic mass is 35.5. The molecule has 0 fully saturated rings. The number of carbonyl (C=O) groups is 3. The molecule has 0 spiro atoms. The maximum atomic E-state index is 13.7. The molecule has 0 saturated carbocycles. The molecule has 2 aromatic heterocycles. The number of hydrogen-bond donors (Lipinski definition) is 2. The van der Waals surface area contributed by atoms with Crippen molar-refractivity contribution in [3.05, 3.63) is 118 Å². The molecule has 2 N–H and O–H groups in total. The van der Waals surface area contributed by atoms with Crippen LogP contribution in [0.25, 0.3) is 0 Å². The van der Waals surface area contributed by atoms with Crippen LogP contribution in [0.15, 0.2) is 85.2 Å². The molecular weight excluding hydrogens is 502 g/mol. The Morgan fingerprint density at radius 1 is 1.00 bits per heavy atom. The highest BCUT2D eigenvalue weighted by molar-refractivity contribution is 6.31. The number of halogens is 1. The van der Waals surface area contributed by atoms with Gasteiger partial charge in [0.25, 0.3) is 11.8 Å². The van der Waals surface area contributed by atoms with E-state index in [1.165, 1.54) is 0 Å². The van der Waals surface area contributed by atoms with Gasteiger partial charge in [-0.25, -0.2) is 0 Å². The number of aromatic nitrogens is 2. The van der Waals surface area contributed by atoms with Crippen LogP contribution in [-0.4, -0.2) is 38.6 Å². The lowest BCUT2D eigenvalue weighted by atomic mass is 10.1. The van der Waals surface area contributed by atoms with E-state index in [1.807, 2.05) is 37.3 Å². The second-order valence-corrected chi connectivity index (χ2v) is 9.41. The number of pyridine rings is 2. The third-order valence-electron chi connectivity index (χ3n) is 6.33. The van der Waals surface area contributed by atoms with Crippen molar-refractivity contribution in [2.24, 2.45) is 0 Å². The number of carbonyl (C=O) groups excluding carboxylic acids is 3. The van der Waals surface area contributed by atoms with Crippen LogP contribution in [-0.2, 0) is 17.8 Å². The summed E-state index contributed by atoms with van der Waals surface area (Å²) in [5, 5.41) is 6.13. The number of fused-ring (bicyclic) bond motifs is 1. The summed E-state index contributed by atoms with van der Waals surface area (Å²) < 4.78 is 0. The summed E-state index contributed by atoms with van der Waals surface area (Å²) in [5.74, 6) is -0.917. The van der Waals surface area contributed by atoms with Crippen LogP contribution in [0.1, 0.15) is 37.7 Å². The number of hydrogen-bond acceptors (Lipinski definition) is 5. The van der Waals surface area contributed by atoms with Crippen LogP contribution in [0, 0.1) is 6.92 Å². The number of nitrogens with one attached hydrogen (secondary N) is 2. The van der Waals surface area contributed by atoms with Crippen molar-refractivity contribution < 1.29 is 14.4 Å². The number of benzene rings is 2. The van der Waals surface area contributed by atoms with E-state index in [2.05, 4.69) is 20.6 Å². The average Bonchev–Trinajstić information content (AvgIpc) is 3.00. The molecule has 5 rings (SSSR count). The molecule has 3 amide bonds. The van der Waals surface area contributed by atoms with Gasteiger partial charge >= 0.3 is 0 Å². The Labute approximate surface area is 224 Å². The van der Waals surface area contributed by atoms with Crippen molar-refractivity contribution >= 4 is 40.7 Å². The SMILES string of the molecule is Cc1cccnc1C(=O)Nc1ccc(CN2C(=O)c3ccc(Cl)cc3NC(=O)C2Cc2ccccn2)cc1. The van der Waals surface area contributed by atoms with Gasteiger partial charge in [0.05, 0.1) is 11.3 Å². The number of aryl methyl sites for hydroxylation is 1. The Balaban J connectivity index is 1.41. The molecule has 2 aromatic carbocycles.